The van der Waals surface area contributed by atoms with E-state index in [-0.39, 0.29) is 5.78 Å². The minimum atomic E-state index is -0.0882. The fraction of sp³-hybridized carbons (Fsp3) is 0.350. The van der Waals surface area contributed by atoms with Gasteiger partial charge >= 0.3 is 0 Å². The molecule has 2 aromatic carbocycles. The highest BCUT2D eigenvalue weighted by atomic mass is 16.5. The van der Waals surface area contributed by atoms with Crippen LogP contribution in [0.1, 0.15) is 36.7 Å². The van der Waals surface area contributed by atoms with Crippen molar-refractivity contribution in [3.05, 3.63) is 53.6 Å². The van der Waals surface area contributed by atoms with Crippen LogP contribution in [0.5, 0.6) is 5.75 Å². The standard InChI is InChI=1S/C20H27N3O2/c1-4-23(5-2)14(3)13-25-17-9-6-15(7-10-17)20(24)16-8-11-18(21)19(22)12-16/h6-12,14H,4-5,13,21-22H2,1-3H3. The summed E-state index contributed by atoms with van der Waals surface area (Å²) in [7, 11) is 0. The second-order valence-electron chi connectivity index (χ2n) is 6.08. The second-order valence-corrected chi connectivity index (χ2v) is 6.08. The van der Waals surface area contributed by atoms with Crippen molar-refractivity contribution in [3.63, 3.8) is 0 Å². The minimum absolute atomic E-state index is 0.0882. The molecule has 0 aliphatic rings. The number of nitrogens with two attached hydrogens (primary N) is 2. The maximum Gasteiger partial charge on any atom is 0.193 e. The van der Waals surface area contributed by atoms with Crippen LogP contribution >= 0.6 is 0 Å². The van der Waals surface area contributed by atoms with Gasteiger partial charge in [0, 0.05) is 17.2 Å². The van der Waals surface area contributed by atoms with Gasteiger partial charge in [0.1, 0.15) is 12.4 Å². The molecular formula is C20H27N3O2. The first-order valence-corrected chi connectivity index (χ1v) is 8.62. The average Bonchev–Trinajstić information content (AvgIpc) is 2.63. The molecule has 1 atom stereocenters. The van der Waals surface area contributed by atoms with Crippen molar-refractivity contribution in [1.82, 2.24) is 4.90 Å². The van der Waals surface area contributed by atoms with Gasteiger partial charge < -0.3 is 16.2 Å². The molecule has 5 nitrogen and oxygen atoms in total. The van der Waals surface area contributed by atoms with Crippen LogP contribution in [0.2, 0.25) is 0 Å². The Balaban J connectivity index is 2.01. The van der Waals surface area contributed by atoms with Gasteiger partial charge in [-0.2, -0.15) is 0 Å². The summed E-state index contributed by atoms with van der Waals surface area (Å²) in [6, 6.07) is 12.5. The highest BCUT2D eigenvalue weighted by molar-refractivity contribution is 6.09. The number of likely N-dealkylation sites (N-methyl/N-ethyl adjacent to an activating group) is 1. The number of carbonyl (C=O) groups is 1. The number of anilines is 2. The van der Waals surface area contributed by atoms with Gasteiger partial charge in [0.2, 0.25) is 0 Å². The molecule has 0 radical (unpaired) electrons. The Morgan fingerprint density at radius 1 is 1.00 bits per heavy atom. The third-order valence-electron chi connectivity index (χ3n) is 4.39. The Morgan fingerprint density at radius 3 is 2.16 bits per heavy atom. The molecule has 0 saturated heterocycles. The Morgan fingerprint density at radius 2 is 1.60 bits per heavy atom. The zero-order valence-electron chi connectivity index (χ0n) is 15.2. The SMILES string of the molecule is CCN(CC)C(C)COc1ccc(C(=O)c2ccc(N)c(N)c2)cc1. The van der Waals surface area contributed by atoms with E-state index in [4.69, 9.17) is 16.2 Å². The summed E-state index contributed by atoms with van der Waals surface area (Å²) in [4.78, 5) is 14.8. The van der Waals surface area contributed by atoms with Crippen molar-refractivity contribution < 1.29 is 9.53 Å². The van der Waals surface area contributed by atoms with E-state index in [1.165, 1.54) is 0 Å². The lowest BCUT2D eigenvalue weighted by molar-refractivity contribution is 0.103. The van der Waals surface area contributed by atoms with E-state index >= 15 is 0 Å². The molecule has 0 saturated carbocycles. The lowest BCUT2D eigenvalue weighted by Crippen LogP contribution is -2.36. The molecule has 0 aromatic heterocycles. The van der Waals surface area contributed by atoms with E-state index in [1.54, 1.807) is 30.3 Å². The van der Waals surface area contributed by atoms with E-state index in [2.05, 4.69) is 25.7 Å². The summed E-state index contributed by atoms with van der Waals surface area (Å²) in [5.41, 5.74) is 13.5. The van der Waals surface area contributed by atoms with E-state index < -0.39 is 0 Å². The molecule has 5 heteroatoms. The van der Waals surface area contributed by atoms with Gasteiger partial charge in [0.05, 0.1) is 11.4 Å². The van der Waals surface area contributed by atoms with Crippen molar-refractivity contribution in [3.8, 4) is 5.75 Å². The molecule has 0 bridgehead atoms. The van der Waals surface area contributed by atoms with Gasteiger partial charge in [-0.3, -0.25) is 9.69 Å². The van der Waals surface area contributed by atoms with Gasteiger partial charge in [-0.15, -0.1) is 0 Å². The third-order valence-corrected chi connectivity index (χ3v) is 4.39. The average molecular weight is 341 g/mol. The fourth-order valence-corrected chi connectivity index (χ4v) is 2.75. The number of nitrogens with zero attached hydrogens (tertiary/aromatic N) is 1. The van der Waals surface area contributed by atoms with E-state index in [9.17, 15) is 4.79 Å². The summed E-state index contributed by atoms with van der Waals surface area (Å²) in [5, 5.41) is 0. The van der Waals surface area contributed by atoms with Crippen LogP contribution in [-0.4, -0.2) is 36.4 Å². The predicted molar refractivity (Wildman–Crippen MR) is 103 cm³/mol. The second kappa shape index (κ2) is 8.53. The van der Waals surface area contributed by atoms with E-state index in [1.807, 2.05) is 12.1 Å². The van der Waals surface area contributed by atoms with Gasteiger partial charge in [-0.05, 0) is 62.5 Å². The molecule has 4 N–H and O–H groups in total. The molecule has 0 amide bonds. The van der Waals surface area contributed by atoms with Crippen LogP contribution in [0.25, 0.3) is 0 Å². The zero-order chi connectivity index (χ0) is 18.4. The Hall–Kier alpha value is -2.53. The van der Waals surface area contributed by atoms with Crippen molar-refractivity contribution in [2.24, 2.45) is 0 Å². The number of carbonyl (C=O) groups excluding carboxylic acids is 1. The van der Waals surface area contributed by atoms with E-state index in [0.29, 0.717) is 35.2 Å². The van der Waals surface area contributed by atoms with Crippen LogP contribution in [0.3, 0.4) is 0 Å². The molecule has 25 heavy (non-hydrogen) atoms. The third kappa shape index (κ3) is 4.73. The number of hydrogen-bond donors (Lipinski definition) is 2. The molecule has 0 heterocycles. The van der Waals surface area contributed by atoms with Crippen LogP contribution in [0.15, 0.2) is 42.5 Å². The molecule has 0 aliphatic heterocycles. The van der Waals surface area contributed by atoms with E-state index in [0.717, 1.165) is 18.8 Å². The molecule has 134 valence electrons. The predicted octanol–water partition coefficient (Wildman–Crippen LogP) is 3.19. The van der Waals surface area contributed by atoms with Crippen molar-refractivity contribution >= 4 is 17.2 Å². The summed E-state index contributed by atoms with van der Waals surface area (Å²) >= 11 is 0. The quantitative estimate of drug-likeness (QED) is 0.569. The monoisotopic (exact) mass is 341 g/mol. The molecular weight excluding hydrogens is 314 g/mol. The molecule has 0 spiro atoms. The maximum atomic E-state index is 12.5. The number of ketones is 1. The normalized spacial score (nSPS) is 12.2. The molecule has 0 aliphatic carbocycles. The minimum Gasteiger partial charge on any atom is -0.492 e. The van der Waals surface area contributed by atoms with Gasteiger partial charge in [0.25, 0.3) is 0 Å². The Bertz CT molecular complexity index is 709. The first kappa shape index (κ1) is 18.8. The Kier molecular flexibility index (Phi) is 6.42. The van der Waals surface area contributed by atoms with Gasteiger partial charge in [-0.25, -0.2) is 0 Å². The first-order chi connectivity index (χ1) is 12.0. The lowest BCUT2D eigenvalue weighted by Gasteiger charge is -2.26. The van der Waals surface area contributed by atoms with Crippen LogP contribution in [0, 0.1) is 0 Å². The van der Waals surface area contributed by atoms with Gasteiger partial charge in [-0.1, -0.05) is 13.8 Å². The number of ether oxygens (including phenoxy) is 1. The van der Waals surface area contributed by atoms with Crippen LogP contribution < -0.4 is 16.2 Å². The molecule has 2 aromatic rings. The molecule has 0 fully saturated rings. The Labute approximate surface area is 149 Å². The summed E-state index contributed by atoms with van der Waals surface area (Å²) in [5.74, 6) is 0.669. The zero-order valence-corrected chi connectivity index (χ0v) is 15.2. The number of rotatable bonds is 8. The number of hydrogen-bond acceptors (Lipinski definition) is 5. The summed E-state index contributed by atoms with van der Waals surface area (Å²) in [6.45, 7) is 9.05. The molecule has 1 unspecified atom stereocenters. The van der Waals surface area contributed by atoms with Crippen molar-refractivity contribution in [2.75, 3.05) is 31.2 Å². The molecule has 2 rings (SSSR count). The van der Waals surface area contributed by atoms with Gasteiger partial charge in [0.15, 0.2) is 5.78 Å². The smallest absolute Gasteiger partial charge is 0.193 e. The highest BCUT2D eigenvalue weighted by Gasteiger charge is 2.12. The fourth-order valence-electron chi connectivity index (χ4n) is 2.75. The first-order valence-electron chi connectivity index (χ1n) is 8.62. The van der Waals surface area contributed by atoms with Crippen LogP contribution in [0.4, 0.5) is 11.4 Å². The lowest BCUT2D eigenvalue weighted by atomic mass is 10.0. The van der Waals surface area contributed by atoms with Crippen molar-refractivity contribution in [2.45, 2.75) is 26.8 Å². The number of benzene rings is 2. The topological polar surface area (TPSA) is 81.6 Å². The maximum absolute atomic E-state index is 12.5. The van der Waals surface area contributed by atoms with Crippen LogP contribution in [-0.2, 0) is 0 Å². The highest BCUT2D eigenvalue weighted by Crippen LogP contribution is 2.20. The number of nitrogen functional groups attached to an aromatic ring is 2. The summed E-state index contributed by atoms with van der Waals surface area (Å²) < 4.78 is 5.84. The summed E-state index contributed by atoms with van der Waals surface area (Å²) in [6.07, 6.45) is 0. The largest absolute Gasteiger partial charge is 0.492 e. The van der Waals surface area contributed by atoms with Crippen molar-refractivity contribution in [1.29, 1.82) is 0 Å².